The first kappa shape index (κ1) is 6.57. The number of benzene rings is 1. The third-order valence-electron chi connectivity index (χ3n) is 1.52. The fourth-order valence-electron chi connectivity index (χ4n) is 1.00. The van der Waals surface area contributed by atoms with Gasteiger partial charge in [-0.3, -0.25) is 0 Å². The summed E-state index contributed by atoms with van der Waals surface area (Å²) in [6.07, 6.45) is 1.34. The van der Waals surface area contributed by atoms with Crippen LogP contribution in [0.2, 0.25) is 0 Å². The second kappa shape index (κ2) is 2.18. The maximum absolute atomic E-state index is 11.1. The number of fused-ring (bicyclic) bond motifs is 1. The van der Waals surface area contributed by atoms with Crippen LogP contribution in [0.15, 0.2) is 30.5 Å². The Bertz CT molecular complexity index is 396. The fourth-order valence-corrected chi connectivity index (χ4v) is 1.93. The van der Waals surface area contributed by atoms with Crippen molar-refractivity contribution in [2.75, 3.05) is 0 Å². The summed E-state index contributed by atoms with van der Waals surface area (Å²) in [5.41, 5.74) is 0. The molecular formula is C7H5NO2S. The molecule has 0 aliphatic rings. The molecule has 2 aromatic rings. The standard InChI is InChI=1S/C7H5NO2S/c9-8-5-6-3-1-2-4-7(6)11(8)10/h1-5H. The zero-order chi connectivity index (χ0) is 7.84. The van der Waals surface area contributed by atoms with Gasteiger partial charge in [-0.05, 0) is 6.07 Å². The van der Waals surface area contributed by atoms with E-state index in [2.05, 4.69) is 0 Å². The van der Waals surface area contributed by atoms with Crippen molar-refractivity contribution in [2.45, 2.75) is 0 Å². The normalized spacial score (nSPS) is 12.3. The van der Waals surface area contributed by atoms with Crippen molar-refractivity contribution in [2.24, 2.45) is 0 Å². The lowest BCUT2D eigenvalue weighted by molar-refractivity contribution is -0.538. The maximum atomic E-state index is 11.1. The lowest BCUT2D eigenvalue weighted by Gasteiger charge is -1.85. The second-order valence-electron chi connectivity index (χ2n) is 2.20. The Hall–Kier alpha value is -1.13. The summed E-state index contributed by atoms with van der Waals surface area (Å²) in [7, 11) is -1.52. The topological polar surface area (TPSA) is 50.0 Å². The van der Waals surface area contributed by atoms with Crippen molar-refractivity contribution < 1.29 is 8.67 Å². The fraction of sp³-hybridized carbons (Fsp3) is 0. The van der Waals surface area contributed by atoms with Gasteiger partial charge < -0.3 is 9.76 Å². The number of nitrogens with zero attached hydrogens (tertiary/aromatic N) is 1. The number of hydrogen-bond donors (Lipinski definition) is 0. The van der Waals surface area contributed by atoms with E-state index in [-0.39, 0.29) is 0 Å². The van der Waals surface area contributed by atoms with Crippen LogP contribution in [0, 0.1) is 5.21 Å². The highest BCUT2D eigenvalue weighted by Gasteiger charge is 2.14. The van der Waals surface area contributed by atoms with Crippen LogP contribution in [0.1, 0.15) is 0 Å². The third kappa shape index (κ3) is 0.875. The molecule has 1 atom stereocenters. The molecule has 0 aliphatic heterocycles. The van der Waals surface area contributed by atoms with Crippen LogP contribution in [-0.2, 0) is 0 Å². The Morgan fingerprint density at radius 2 is 2.00 bits per heavy atom. The van der Waals surface area contributed by atoms with Gasteiger partial charge in [0.25, 0.3) is 10.9 Å². The van der Waals surface area contributed by atoms with Crippen molar-refractivity contribution in [3.63, 3.8) is 0 Å². The minimum absolute atomic E-state index is 0.463. The van der Waals surface area contributed by atoms with Gasteiger partial charge in [-0.25, -0.2) is 0 Å². The molecular weight excluding hydrogens is 162 g/mol. The molecule has 4 heteroatoms. The van der Waals surface area contributed by atoms with Gasteiger partial charge in [-0.2, -0.15) is 0 Å². The molecule has 0 saturated carbocycles. The summed E-state index contributed by atoms with van der Waals surface area (Å²) in [6.45, 7) is 0. The maximum Gasteiger partial charge on any atom is 0.252 e. The van der Waals surface area contributed by atoms with E-state index in [0.717, 1.165) is 5.39 Å². The summed E-state index contributed by atoms with van der Waals surface area (Å²) in [5.74, 6) is 0. The first-order valence-electron chi connectivity index (χ1n) is 3.11. The molecule has 2 rings (SSSR count). The van der Waals surface area contributed by atoms with Crippen LogP contribution in [0.25, 0.3) is 10.1 Å². The predicted molar refractivity (Wildman–Crippen MR) is 41.6 cm³/mol. The highest BCUT2D eigenvalue weighted by Crippen LogP contribution is 2.21. The summed E-state index contributed by atoms with van der Waals surface area (Å²) >= 11 is 0. The molecule has 0 radical (unpaired) electrons. The predicted octanol–water partition coefficient (Wildman–Crippen LogP) is 1.20. The molecule has 0 bridgehead atoms. The number of rotatable bonds is 0. The lowest BCUT2D eigenvalue weighted by Crippen LogP contribution is -2.20. The van der Waals surface area contributed by atoms with Gasteiger partial charge in [0.05, 0.1) is 0 Å². The van der Waals surface area contributed by atoms with Crippen molar-refractivity contribution in [3.8, 4) is 0 Å². The average Bonchev–Trinajstić information content (AvgIpc) is 2.30. The molecule has 1 unspecified atom stereocenters. The first-order valence-corrected chi connectivity index (χ1v) is 4.22. The van der Waals surface area contributed by atoms with Gasteiger partial charge in [-0.15, -0.1) is 0 Å². The zero-order valence-electron chi connectivity index (χ0n) is 5.56. The summed E-state index contributed by atoms with van der Waals surface area (Å²) in [5, 5.41) is 11.5. The van der Waals surface area contributed by atoms with Crippen LogP contribution >= 0.6 is 10.9 Å². The molecule has 1 heterocycles. The SMILES string of the molecule is [O-][n+]1cc2ccccc2[s+]1[O-]. The highest BCUT2D eigenvalue weighted by atomic mass is 32.2. The van der Waals surface area contributed by atoms with E-state index in [4.69, 9.17) is 0 Å². The highest BCUT2D eigenvalue weighted by molar-refractivity contribution is 7.22. The largest absolute Gasteiger partial charge is 0.572 e. The quantitative estimate of drug-likeness (QED) is 0.336. The molecule has 56 valence electrons. The van der Waals surface area contributed by atoms with Gasteiger partial charge >= 0.3 is 0 Å². The molecule has 0 fully saturated rings. The van der Waals surface area contributed by atoms with Crippen molar-refractivity contribution in [1.29, 1.82) is 0 Å². The first-order chi connectivity index (χ1) is 5.29. The molecule has 11 heavy (non-hydrogen) atoms. The monoisotopic (exact) mass is 167 g/mol. The van der Waals surface area contributed by atoms with E-state index >= 15 is 0 Å². The van der Waals surface area contributed by atoms with Crippen molar-refractivity contribution in [1.82, 2.24) is 0 Å². The van der Waals surface area contributed by atoms with Gasteiger partial charge in [-0.1, -0.05) is 12.1 Å². The van der Waals surface area contributed by atoms with Crippen LogP contribution in [-0.4, -0.2) is 4.55 Å². The lowest BCUT2D eigenvalue weighted by atomic mass is 10.3. The average molecular weight is 167 g/mol. The molecule has 1 aromatic carbocycles. The summed E-state index contributed by atoms with van der Waals surface area (Å²) in [4.78, 5) is 0. The van der Waals surface area contributed by atoms with E-state index in [1.165, 1.54) is 6.20 Å². The Kier molecular flexibility index (Phi) is 1.30. The van der Waals surface area contributed by atoms with Gasteiger partial charge in [0.1, 0.15) is 5.39 Å². The smallest absolute Gasteiger partial charge is 0.252 e. The minimum atomic E-state index is -1.52. The van der Waals surface area contributed by atoms with Crippen molar-refractivity contribution >= 4 is 21.0 Å². The summed E-state index contributed by atoms with van der Waals surface area (Å²) < 4.78 is 12.2. The Labute approximate surface area is 66.0 Å². The molecule has 1 aromatic heterocycles. The van der Waals surface area contributed by atoms with Crippen LogP contribution in [0.4, 0.5) is 0 Å². The van der Waals surface area contributed by atoms with E-state index in [1.807, 2.05) is 6.07 Å². The molecule has 0 aliphatic carbocycles. The van der Waals surface area contributed by atoms with E-state index in [9.17, 15) is 9.76 Å². The van der Waals surface area contributed by atoms with Crippen LogP contribution in [0.5, 0.6) is 0 Å². The molecule has 0 saturated heterocycles. The molecule has 0 spiro atoms. The molecule has 0 N–H and O–H groups in total. The Morgan fingerprint density at radius 1 is 1.27 bits per heavy atom. The van der Waals surface area contributed by atoms with Gasteiger partial charge in [0.2, 0.25) is 10.9 Å². The van der Waals surface area contributed by atoms with E-state index in [0.29, 0.717) is 8.82 Å². The molecule has 3 nitrogen and oxygen atoms in total. The van der Waals surface area contributed by atoms with Crippen molar-refractivity contribution in [3.05, 3.63) is 35.7 Å². The second-order valence-corrected chi connectivity index (χ2v) is 3.50. The Balaban J connectivity index is 2.92. The summed E-state index contributed by atoms with van der Waals surface area (Å²) in [6, 6.07) is 7.04. The van der Waals surface area contributed by atoms with E-state index in [1.54, 1.807) is 18.2 Å². The van der Waals surface area contributed by atoms with Gasteiger partial charge in [0.15, 0.2) is 0 Å². The third-order valence-corrected chi connectivity index (χ3v) is 2.70. The van der Waals surface area contributed by atoms with Gasteiger partial charge in [0, 0.05) is 10.2 Å². The molecule has 0 amide bonds. The minimum Gasteiger partial charge on any atom is -0.572 e. The number of hydrogen-bond acceptors (Lipinski definition) is 2. The van der Waals surface area contributed by atoms with E-state index < -0.39 is 10.9 Å². The zero-order valence-corrected chi connectivity index (χ0v) is 6.38. The van der Waals surface area contributed by atoms with Crippen LogP contribution in [0.3, 0.4) is 0 Å². The number of aromatic nitrogens is 1. The van der Waals surface area contributed by atoms with Crippen LogP contribution < -0.4 is 4.12 Å². The Morgan fingerprint density at radius 3 is 2.73 bits per heavy atom.